The second-order valence-electron chi connectivity index (χ2n) is 4.81. The van der Waals surface area contributed by atoms with Gasteiger partial charge in [0.05, 0.1) is 18.8 Å². The van der Waals surface area contributed by atoms with Crippen LogP contribution in [0.4, 0.5) is 0 Å². The molecule has 0 N–H and O–H groups in total. The van der Waals surface area contributed by atoms with Gasteiger partial charge in [-0.1, -0.05) is 33.2 Å². The zero-order valence-corrected chi connectivity index (χ0v) is 14.5. The Balaban J connectivity index is 2.31. The van der Waals surface area contributed by atoms with Gasteiger partial charge >= 0.3 is 5.97 Å². The average Bonchev–Trinajstić information content (AvgIpc) is 2.44. The highest BCUT2D eigenvalue weighted by Gasteiger charge is 2.27. The number of rotatable bonds is 5. The minimum atomic E-state index is -0.186. The van der Waals surface area contributed by atoms with Crippen LogP contribution in [-0.2, 0) is 14.3 Å². The van der Waals surface area contributed by atoms with E-state index in [0.717, 1.165) is 48.3 Å². The normalized spacial score (nSPS) is 18.2. The Kier molecular flexibility index (Phi) is 5.57. The van der Waals surface area contributed by atoms with Gasteiger partial charge in [-0.25, -0.2) is 4.79 Å². The number of carbonyl (C=O) groups excluding carboxylic acids is 1. The molecule has 1 heterocycles. The summed E-state index contributed by atoms with van der Waals surface area (Å²) in [4.78, 5) is 12.2. The maximum atomic E-state index is 12.2. The summed E-state index contributed by atoms with van der Waals surface area (Å²) in [7, 11) is 0. The van der Waals surface area contributed by atoms with Gasteiger partial charge in [0.25, 0.3) is 0 Å². The average molecular weight is 388 g/mol. The van der Waals surface area contributed by atoms with Crippen LogP contribution in [0.3, 0.4) is 0 Å². The topological polar surface area (TPSA) is 35.5 Å². The van der Waals surface area contributed by atoms with Gasteiger partial charge in [-0.15, -0.1) is 0 Å². The SMILES string of the molecule is CCCOC1=CI=C2CCC(C)=C(C(=O)OCC)C2=C1. The van der Waals surface area contributed by atoms with E-state index in [9.17, 15) is 4.79 Å². The largest absolute Gasteiger partial charge is 0.493 e. The van der Waals surface area contributed by atoms with Crippen molar-refractivity contribution in [1.29, 1.82) is 0 Å². The zero-order valence-electron chi connectivity index (χ0n) is 12.3. The van der Waals surface area contributed by atoms with Crippen molar-refractivity contribution in [3.05, 3.63) is 32.6 Å². The van der Waals surface area contributed by atoms with Crippen LogP contribution in [0.5, 0.6) is 0 Å². The Labute approximate surface area is 130 Å². The molecule has 1 aliphatic carbocycles. The van der Waals surface area contributed by atoms with E-state index < -0.39 is 0 Å². The van der Waals surface area contributed by atoms with Crippen LogP contribution in [0.1, 0.15) is 40.0 Å². The standard InChI is InChI=1S/C16H21IO3/c1-4-8-20-12-9-13-14(17-10-12)7-6-11(3)15(13)16(18)19-5-2/h9-10H,4-8H2,1-3H3. The van der Waals surface area contributed by atoms with E-state index in [2.05, 4.69) is 11.0 Å². The molecule has 0 saturated heterocycles. The molecule has 2 aliphatic rings. The molecule has 2 rings (SSSR count). The highest BCUT2D eigenvalue weighted by Crippen LogP contribution is 2.36. The molecule has 20 heavy (non-hydrogen) atoms. The van der Waals surface area contributed by atoms with Crippen molar-refractivity contribution in [1.82, 2.24) is 0 Å². The summed E-state index contributed by atoms with van der Waals surface area (Å²) in [5.41, 5.74) is 2.99. The molecule has 0 saturated carbocycles. The van der Waals surface area contributed by atoms with Gasteiger partial charge in [-0.3, -0.25) is 0 Å². The fourth-order valence-corrected chi connectivity index (χ4v) is 4.64. The molecule has 3 nitrogen and oxygen atoms in total. The molecule has 0 fully saturated rings. The molecule has 0 atom stereocenters. The number of fused-ring (bicyclic) bond motifs is 1. The van der Waals surface area contributed by atoms with Crippen LogP contribution in [0, 0.1) is 0 Å². The van der Waals surface area contributed by atoms with Crippen molar-refractivity contribution in [3.63, 3.8) is 0 Å². The van der Waals surface area contributed by atoms with Gasteiger partial charge in [-0.05, 0) is 42.7 Å². The van der Waals surface area contributed by atoms with Crippen LogP contribution >= 0.6 is 20.7 Å². The summed E-state index contributed by atoms with van der Waals surface area (Å²) in [6.45, 7) is 7.12. The van der Waals surface area contributed by atoms with Crippen molar-refractivity contribution < 1.29 is 14.3 Å². The van der Waals surface area contributed by atoms with Crippen molar-refractivity contribution in [2.75, 3.05) is 13.2 Å². The number of carbonyl (C=O) groups is 1. The van der Waals surface area contributed by atoms with Crippen LogP contribution < -0.4 is 0 Å². The Bertz CT molecular complexity index is 524. The number of hydrogen-bond donors (Lipinski definition) is 0. The number of allylic oxidation sites excluding steroid dienone is 2. The fourth-order valence-electron chi connectivity index (χ4n) is 2.26. The number of esters is 1. The highest BCUT2D eigenvalue weighted by atomic mass is 127. The summed E-state index contributed by atoms with van der Waals surface area (Å²) in [5.74, 6) is 0.740. The molecule has 4 heteroatoms. The molecule has 1 aliphatic heterocycles. The third-order valence-electron chi connectivity index (χ3n) is 3.24. The Morgan fingerprint density at radius 1 is 1.35 bits per heavy atom. The van der Waals surface area contributed by atoms with E-state index in [-0.39, 0.29) is 26.7 Å². The molecular formula is C16H21IO3. The summed E-state index contributed by atoms with van der Waals surface area (Å²) in [6, 6.07) is 0. The first-order chi connectivity index (χ1) is 9.67. The van der Waals surface area contributed by atoms with Crippen molar-refractivity contribution in [2.24, 2.45) is 0 Å². The third kappa shape index (κ3) is 3.40. The van der Waals surface area contributed by atoms with E-state index in [1.54, 1.807) is 0 Å². The van der Waals surface area contributed by atoms with Gasteiger partial charge in [0.1, 0.15) is 5.76 Å². The van der Waals surface area contributed by atoms with Crippen molar-refractivity contribution in [3.8, 4) is 0 Å². The van der Waals surface area contributed by atoms with Gasteiger partial charge in [-0.2, -0.15) is 0 Å². The molecule has 0 aromatic rings. The third-order valence-corrected chi connectivity index (χ3v) is 6.04. The van der Waals surface area contributed by atoms with E-state index in [1.165, 1.54) is 3.51 Å². The predicted molar refractivity (Wildman–Crippen MR) is 90.0 cm³/mol. The monoisotopic (exact) mass is 388 g/mol. The first kappa shape index (κ1) is 15.5. The molecule has 0 unspecified atom stereocenters. The Morgan fingerprint density at radius 3 is 2.85 bits per heavy atom. The highest BCUT2D eigenvalue weighted by molar-refractivity contribution is 14.2. The Morgan fingerprint density at radius 2 is 2.15 bits per heavy atom. The maximum Gasteiger partial charge on any atom is 0.338 e. The van der Waals surface area contributed by atoms with Crippen molar-refractivity contribution >= 4 is 30.2 Å². The second kappa shape index (κ2) is 7.20. The van der Waals surface area contributed by atoms with Gasteiger partial charge in [0, 0.05) is 9.66 Å². The molecule has 0 aromatic carbocycles. The molecule has 0 spiro atoms. The first-order valence-corrected chi connectivity index (χ1v) is 9.41. The van der Waals surface area contributed by atoms with Crippen molar-refractivity contribution in [2.45, 2.75) is 40.0 Å². The minimum absolute atomic E-state index is 0.167. The molecule has 0 aromatic heterocycles. The molecule has 0 bridgehead atoms. The van der Waals surface area contributed by atoms with E-state index >= 15 is 0 Å². The lowest BCUT2D eigenvalue weighted by molar-refractivity contribution is -0.138. The van der Waals surface area contributed by atoms with Crippen LogP contribution in [0.2, 0.25) is 0 Å². The van der Waals surface area contributed by atoms with Crippen LogP contribution in [0.25, 0.3) is 0 Å². The lowest BCUT2D eigenvalue weighted by Crippen LogP contribution is -2.21. The summed E-state index contributed by atoms with van der Waals surface area (Å²) >= 11 is -0.167. The maximum absolute atomic E-state index is 12.2. The predicted octanol–water partition coefficient (Wildman–Crippen LogP) is 4.01. The number of hydrogen-bond acceptors (Lipinski definition) is 3. The zero-order chi connectivity index (χ0) is 14.5. The lowest BCUT2D eigenvalue weighted by atomic mass is 9.87. The lowest BCUT2D eigenvalue weighted by Gasteiger charge is -2.24. The summed E-state index contributed by atoms with van der Waals surface area (Å²) < 4.78 is 14.6. The molecular weight excluding hydrogens is 367 g/mol. The van der Waals surface area contributed by atoms with E-state index in [1.807, 2.05) is 19.9 Å². The smallest absolute Gasteiger partial charge is 0.338 e. The van der Waals surface area contributed by atoms with E-state index in [4.69, 9.17) is 9.47 Å². The van der Waals surface area contributed by atoms with Gasteiger partial charge in [0.15, 0.2) is 0 Å². The summed E-state index contributed by atoms with van der Waals surface area (Å²) in [6.07, 6.45) is 5.07. The molecule has 110 valence electrons. The first-order valence-electron chi connectivity index (χ1n) is 7.08. The van der Waals surface area contributed by atoms with Gasteiger partial charge in [0.2, 0.25) is 0 Å². The Hall–Kier alpha value is -0.910. The van der Waals surface area contributed by atoms with Gasteiger partial charge < -0.3 is 9.47 Å². The number of halogens is 1. The van der Waals surface area contributed by atoms with E-state index in [0.29, 0.717) is 6.61 Å². The minimum Gasteiger partial charge on any atom is -0.493 e. The summed E-state index contributed by atoms with van der Waals surface area (Å²) in [5, 5.41) is 0. The van der Waals surface area contributed by atoms with Crippen LogP contribution in [-0.4, -0.2) is 22.7 Å². The number of ether oxygens (including phenoxy) is 2. The molecule has 0 amide bonds. The second-order valence-corrected chi connectivity index (χ2v) is 7.36. The quantitative estimate of drug-likeness (QED) is 0.528. The van der Waals surface area contributed by atoms with Crippen LogP contribution in [0.15, 0.2) is 32.6 Å². The molecule has 0 radical (unpaired) electrons. The fraction of sp³-hybridized carbons (Fsp3) is 0.500.